The first kappa shape index (κ1) is 9.40. The van der Waals surface area contributed by atoms with Crippen LogP contribution in [0.25, 0.3) is 10.2 Å². The zero-order valence-electron chi connectivity index (χ0n) is 8.44. The van der Waals surface area contributed by atoms with Crippen LogP contribution in [0, 0.1) is 0 Å². The van der Waals surface area contributed by atoms with Gasteiger partial charge in [0.1, 0.15) is 16.6 Å². The summed E-state index contributed by atoms with van der Waals surface area (Å²) >= 11 is 1.60. The molecule has 0 spiro atoms. The Morgan fingerprint density at radius 1 is 1.29 bits per heavy atom. The topological polar surface area (TPSA) is 35.0 Å². The summed E-state index contributed by atoms with van der Waals surface area (Å²) in [5.74, 6) is 0.678. The summed E-state index contributed by atoms with van der Waals surface area (Å²) in [7, 11) is 0. The zero-order valence-corrected chi connectivity index (χ0v) is 9.26. The lowest BCUT2D eigenvalue weighted by molar-refractivity contribution is 0.126. The number of rotatable bonds is 1. The van der Waals surface area contributed by atoms with Crippen molar-refractivity contribution in [3.63, 3.8) is 0 Å². The van der Waals surface area contributed by atoms with Gasteiger partial charge in [-0.2, -0.15) is 0 Å². The first-order valence-electron chi connectivity index (χ1n) is 4.43. The second-order valence-electron chi connectivity index (χ2n) is 4.03. The van der Waals surface area contributed by atoms with Crippen LogP contribution < -0.4 is 4.74 Å². The zero-order chi connectivity index (χ0) is 10.2. The number of fused-ring (bicyclic) bond motifs is 1. The molecule has 0 unspecified atom stereocenters. The Hall–Kier alpha value is -1.16. The molecule has 0 saturated heterocycles. The van der Waals surface area contributed by atoms with E-state index in [4.69, 9.17) is 4.74 Å². The lowest BCUT2D eigenvalue weighted by Gasteiger charge is -2.20. The molecule has 0 saturated carbocycles. The molecule has 0 atom stereocenters. The minimum absolute atomic E-state index is 0.217. The SMILES string of the molecule is CC(C)(C)Oc1ncnc2ccsc12. The average molecular weight is 208 g/mol. The predicted molar refractivity (Wildman–Crippen MR) is 57.8 cm³/mol. The maximum Gasteiger partial charge on any atom is 0.235 e. The molecule has 74 valence electrons. The fourth-order valence-electron chi connectivity index (χ4n) is 1.13. The van der Waals surface area contributed by atoms with Gasteiger partial charge in [0.05, 0.1) is 5.52 Å². The Morgan fingerprint density at radius 2 is 2.07 bits per heavy atom. The number of hydrogen-bond donors (Lipinski definition) is 0. The van der Waals surface area contributed by atoms with E-state index in [1.807, 2.05) is 32.2 Å². The second-order valence-corrected chi connectivity index (χ2v) is 4.94. The Kier molecular flexibility index (Phi) is 2.15. The van der Waals surface area contributed by atoms with Gasteiger partial charge in [-0.05, 0) is 32.2 Å². The molecule has 0 bridgehead atoms. The number of thiophene rings is 1. The summed E-state index contributed by atoms with van der Waals surface area (Å²) in [6, 6.07) is 1.97. The van der Waals surface area contributed by atoms with Crippen LogP contribution in [0.5, 0.6) is 5.88 Å². The van der Waals surface area contributed by atoms with Crippen molar-refractivity contribution in [1.82, 2.24) is 9.97 Å². The molecule has 0 aromatic carbocycles. The third-order valence-electron chi connectivity index (χ3n) is 1.61. The predicted octanol–water partition coefficient (Wildman–Crippen LogP) is 2.87. The summed E-state index contributed by atoms with van der Waals surface area (Å²) in [4.78, 5) is 8.29. The lowest BCUT2D eigenvalue weighted by atomic mass is 10.2. The lowest BCUT2D eigenvalue weighted by Crippen LogP contribution is -2.23. The van der Waals surface area contributed by atoms with Crippen LogP contribution in [0.3, 0.4) is 0 Å². The highest BCUT2D eigenvalue weighted by atomic mass is 32.1. The van der Waals surface area contributed by atoms with Gasteiger partial charge >= 0.3 is 0 Å². The maximum absolute atomic E-state index is 5.73. The van der Waals surface area contributed by atoms with E-state index in [9.17, 15) is 0 Å². The van der Waals surface area contributed by atoms with Gasteiger partial charge < -0.3 is 4.74 Å². The van der Waals surface area contributed by atoms with Crippen molar-refractivity contribution >= 4 is 21.6 Å². The molecule has 2 rings (SSSR count). The molecule has 2 aromatic heterocycles. The molecule has 0 amide bonds. The van der Waals surface area contributed by atoms with Gasteiger partial charge in [-0.25, -0.2) is 9.97 Å². The van der Waals surface area contributed by atoms with E-state index in [-0.39, 0.29) is 5.60 Å². The summed E-state index contributed by atoms with van der Waals surface area (Å²) in [5.41, 5.74) is 0.731. The standard InChI is InChI=1S/C10H12N2OS/c1-10(2,3)13-9-8-7(4-5-14-8)11-6-12-9/h4-6H,1-3H3. The highest BCUT2D eigenvalue weighted by Crippen LogP contribution is 2.28. The molecule has 3 nitrogen and oxygen atoms in total. The summed E-state index contributed by atoms with van der Waals surface area (Å²) in [6.07, 6.45) is 1.54. The van der Waals surface area contributed by atoms with E-state index < -0.39 is 0 Å². The highest BCUT2D eigenvalue weighted by Gasteiger charge is 2.15. The molecular weight excluding hydrogens is 196 g/mol. The minimum Gasteiger partial charge on any atom is -0.471 e. The van der Waals surface area contributed by atoms with Crippen LogP contribution in [0.4, 0.5) is 0 Å². The van der Waals surface area contributed by atoms with Crippen molar-refractivity contribution in [3.05, 3.63) is 17.8 Å². The molecule has 0 radical (unpaired) electrons. The maximum atomic E-state index is 5.73. The van der Waals surface area contributed by atoms with Gasteiger partial charge in [0.2, 0.25) is 5.88 Å². The fourth-order valence-corrected chi connectivity index (χ4v) is 1.90. The van der Waals surface area contributed by atoms with E-state index in [2.05, 4.69) is 9.97 Å². The van der Waals surface area contributed by atoms with E-state index in [1.165, 1.54) is 6.33 Å². The largest absolute Gasteiger partial charge is 0.471 e. The van der Waals surface area contributed by atoms with Crippen LogP contribution in [0.2, 0.25) is 0 Å². The van der Waals surface area contributed by atoms with Crippen LogP contribution >= 0.6 is 11.3 Å². The van der Waals surface area contributed by atoms with Gasteiger partial charge in [-0.3, -0.25) is 0 Å². The van der Waals surface area contributed by atoms with Crippen molar-refractivity contribution in [2.75, 3.05) is 0 Å². The third kappa shape index (κ3) is 1.85. The van der Waals surface area contributed by atoms with Crippen LogP contribution in [0.1, 0.15) is 20.8 Å². The van der Waals surface area contributed by atoms with Crippen molar-refractivity contribution in [2.45, 2.75) is 26.4 Å². The normalized spacial score (nSPS) is 11.9. The molecular formula is C10H12N2OS. The van der Waals surface area contributed by atoms with E-state index in [0.717, 1.165) is 10.2 Å². The Bertz CT molecular complexity index is 445. The summed E-state index contributed by atoms with van der Waals surface area (Å²) < 4.78 is 6.75. The molecule has 4 heteroatoms. The van der Waals surface area contributed by atoms with Gasteiger partial charge in [-0.15, -0.1) is 11.3 Å². The first-order chi connectivity index (χ1) is 6.56. The highest BCUT2D eigenvalue weighted by molar-refractivity contribution is 7.17. The summed E-state index contributed by atoms with van der Waals surface area (Å²) in [5, 5.41) is 1.99. The van der Waals surface area contributed by atoms with Crippen molar-refractivity contribution < 1.29 is 4.74 Å². The number of hydrogen-bond acceptors (Lipinski definition) is 4. The van der Waals surface area contributed by atoms with Crippen molar-refractivity contribution in [2.24, 2.45) is 0 Å². The van der Waals surface area contributed by atoms with E-state index >= 15 is 0 Å². The van der Waals surface area contributed by atoms with Gasteiger partial charge in [0.15, 0.2) is 0 Å². The Morgan fingerprint density at radius 3 is 2.79 bits per heavy atom. The summed E-state index contributed by atoms with van der Waals surface area (Å²) in [6.45, 7) is 6.03. The molecule has 0 aliphatic carbocycles. The van der Waals surface area contributed by atoms with E-state index in [1.54, 1.807) is 11.3 Å². The molecule has 14 heavy (non-hydrogen) atoms. The minimum atomic E-state index is -0.217. The smallest absolute Gasteiger partial charge is 0.235 e. The van der Waals surface area contributed by atoms with Gasteiger partial charge in [-0.1, -0.05) is 0 Å². The first-order valence-corrected chi connectivity index (χ1v) is 5.31. The quantitative estimate of drug-likeness (QED) is 0.722. The van der Waals surface area contributed by atoms with Crippen LogP contribution in [0.15, 0.2) is 17.8 Å². The molecule has 2 aromatic rings. The molecule has 2 heterocycles. The molecule has 0 aliphatic heterocycles. The van der Waals surface area contributed by atoms with Crippen molar-refractivity contribution in [1.29, 1.82) is 0 Å². The van der Waals surface area contributed by atoms with E-state index in [0.29, 0.717) is 5.88 Å². The second kappa shape index (κ2) is 3.20. The Balaban J connectivity index is 2.46. The van der Waals surface area contributed by atoms with Gasteiger partial charge in [0.25, 0.3) is 0 Å². The molecule has 0 fully saturated rings. The third-order valence-corrected chi connectivity index (χ3v) is 2.50. The van der Waals surface area contributed by atoms with Crippen LogP contribution in [-0.2, 0) is 0 Å². The van der Waals surface area contributed by atoms with Crippen molar-refractivity contribution in [3.8, 4) is 5.88 Å². The van der Waals surface area contributed by atoms with Gasteiger partial charge in [0, 0.05) is 0 Å². The monoisotopic (exact) mass is 208 g/mol. The molecule has 0 aliphatic rings. The van der Waals surface area contributed by atoms with Crippen LogP contribution in [-0.4, -0.2) is 15.6 Å². The average Bonchev–Trinajstić information content (AvgIpc) is 2.49. The number of nitrogens with zero attached hydrogens (tertiary/aromatic N) is 2. The Labute approximate surface area is 86.8 Å². The molecule has 0 N–H and O–H groups in total. The number of aromatic nitrogens is 2. The number of ether oxygens (including phenoxy) is 1. The fraction of sp³-hybridized carbons (Fsp3) is 0.400.